The van der Waals surface area contributed by atoms with Crippen molar-refractivity contribution in [3.05, 3.63) is 62.6 Å². The van der Waals surface area contributed by atoms with Gasteiger partial charge in [0, 0.05) is 10.0 Å². The second-order valence-corrected chi connectivity index (χ2v) is 6.56. The Morgan fingerprint density at radius 3 is 2.67 bits per heavy atom. The molecule has 1 aliphatic rings. The molecule has 3 rings (SSSR count). The first-order valence-electron chi connectivity index (χ1n) is 7.31. The number of methoxy groups -OCH3 is 1. The summed E-state index contributed by atoms with van der Waals surface area (Å²) in [5, 5.41) is 0. The summed E-state index contributed by atoms with van der Waals surface area (Å²) >= 11 is 3.59. The van der Waals surface area contributed by atoms with Gasteiger partial charge >= 0.3 is 0 Å². The Hall–Kier alpha value is -1.32. The highest BCUT2D eigenvalue weighted by Gasteiger charge is 2.18. The van der Waals surface area contributed by atoms with Gasteiger partial charge in [-0.05, 0) is 60.6 Å². The molecule has 2 aromatic rings. The minimum absolute atomic E-state index is 0.164. The molecule has 2 aromatic carbocycles. The second-order valence-electron chi connectivity index (χ2n) is 5.70. The van der Waals surface area contributed by atoms with Gasteiger partial charge in [-0.15, -0.1) is 0 Å². The van der Waals surface area contributed by atoms with E-state index in [1.807, 2.05) is 6.07 Å². The van der Waals surface area contributed by atoms with Crippen LogP contribution in [-0.4, -0.2) is 7.11 Å². The fourth-order valence-electron chi connectivity index (χ4n) is 3.05. The molecule has 0 radical (unpaired) electrons. The largest absolute Gasteiger partial charge is 0.496 e. The Labute approximate surface area is 134 Å². The topological polar surface area (TPSA) is 35.2 Å². The minimum atomic E-state index is -0.164. The number of hydrogen-bond acceptors (Lipinski definition) is 2. The predicted molar refractivity (Wildman–Crippen MR) is 89.9 cm³/mol. The molecule has 1 atom stereocenters. The van der Waals surface area contributed by atoms with E-state index >= 15 is 0 Å². The fourth-order valence-corrected chi connectivity index (χ4v) is 3.42. The summed E-state index contributed by atoms with van der Waals surface area (Å²) in [6.45, 7) is 2.05. The molecule has 0 aliphatic heterocycles. The third-order valence-corrected chi connectivity index (χ3v) is 5.18. The Morgan fingerprint density at radius 2 is 1.90 bits per heavy atom. The van der Waals surface area contributed by atoms with Crippen molar-refractivity contribution >= 4 is 15.9 Å². The van der Waals surface area contributed by atoms with Gasteiger partial charge in [-0.25, -0.2) is 0 Å². The van der Waals surface area contributed by atoms with Crippen LogP contribution in [0.2, 0.25) is 0 Å². The van der Waals surface area contributed by atoms with Crippen LogP contribution in [0.5, 0.6) is 5.75 Å². The van der Waals surface area contributed by atoms with Gasteiger partial charge in [0.15, 0.2) is 0 Å². The molecule has 0 spiro atoms. The Bertz CT molecular complexity index is 681. The maximum atomic E-state index is 6.50. The maximum Gasteiger partial charge on any atom is 0.124 e. The molecule has 0 bridgehead atoms. The number of hydrogen-bond donors (Lipinski definition) is 1. The summed E-state index contributed by atoms with van der Waals surface area (Å²) in [6, 6.07) is 10.6. The van der Waals surface area contributed by atoms with Gasteiger partial charge in [0.1, 0.15) is 5.75 Å². The van der Waals surface area contributed by atoms with Crippen LogP contribution in [0.4, 0.5) is 0 Å². The van der Waals surface area contributed by atoms with Crippen molar-refractivity contribution in [3.63, 3.8) is 0 Å². The Balaban J connectivity index is 2.02. The van der Waals surface area contributed by atoms with Gasteiger partial charge in [0.2, 0.25) is 0 Å². The van der Waals surface area contributed by atoms with Crippen LogP contribution >= 0.6 is 15.9 Å². The van der Waals surface area contributed by atoms with Crippen molar-refractivity contribution in [2.45, 2.75) is 32.2 Å². The van der Waals surface area contributed by atoms with Crippen LogP contribution in [0.1, 0.15) is 40.3 Å². The van der Waals surface area contributed by atoms with Crippen LogP contribution in [-0.2, 0) is 12.8 Å². The first kappa shape index (κ1) is 14.6. The molecule has 0 amide bonds. The number of halogens is 1. The molecule has 110 valence electrons. The highest BCUT2D eigenvalue weighted by atomic mass is 79.9. The van der Waals surface area contributed by atoms with E-state index in [-0.39, 0.29) is 6.04 Å². The number of ether oxygens (including phenoxy) is 1. The number of fused-ring (bicyclic) bond motifs is 1. The van der Waals surface area contributed by atoms with Crippen molar-refractivity contribution in [2.24, 2.45) is 5.73 Å². The van der Waals surface area contributed by atoms with E-state index in [9.17, 15) is 0 Å². The lowest BCUT2D eigenvalue weighted by Crippen LogP contribution is -2.14. The number of aryl methyl sites for hydroxylation is 3. The minimum Gasteiger partial charge on any atom is -0.496 e. The molecule has 1 aliphatic carbocycles. The highest BCUT2D eigenvalue weighted by molar-refractivity contribution is 9.10. The highest BCUT2D eigenvalue weighted by Crippen LogP contribution is 2.34. The maximum absolute atomic E-state index is 6.50. The first-order valence-corrected chi connectivity index (χ1v) is 8.10. The van der Waals surface area contributed by atoms with Crippen molar-refractivity contribution in [3.8, 4) is 5.75 Å². The molecule has 0 heterocycles. The molecule has 0 saturated carbocycles. The average Bonchev–Trinajstić information content (AvgIpc) is 2.96. The van der Waals surface area contributed by atoms with Crippen LogP contribution in [0, 0.1) is 6.92 Å². The summed E-state index contributed by atoms with van der Waals surface area (Å²) < 4.78 is 6.58. The molecule has 0 fully saturated rings. The zero-order valence-electron chi connectivity index (χ0n) is 12.4. The lowest BCUT2D eigenvalue weighted by molar-refractivity contribution is 0.407. The van der Waals surface area contributed by atoms with Crippen molar-refractivity contribution in [1.29, 1.82) is 0 Å². The normalized spacial score (nSPS) is 14.9. The molecule has 1 unspecified atom stereocenters. The monoisotopic (exact) mass is 345 g/mol. The van der Waals surface area contributed by atoms with Gasteiger partial charge in [0.25, 0.3) is 0 Å². The average molecular weight is 346 g/mol. The molecule has 0 aromatic heterocycles. The summed E-state index contributed by atoms with van der Waals surface area (Å²) in [4.78, 5) is 0. The van der Waals surface area contributed by atoms with Gasteiger partial charge in [-0.2, -0.15) is 0 Å². The summed E-state index contributed by atoms with van der Waals surface area (Å²) in [6.07, 6.45) is 3.63. The zero-order chi connectivity index (χ0) is 15.0. The quantitative estimate of drug-likeness (QED) is 0.899. The molecule has 2 nitrogen and oxygen atoms in total. The van der Waals surface area contributed by atoms with Crippen LogP contribution in [0.3, 0.4) is 0 Å². The Kier molecular flexibility index (Phi) is 4.05. The molecular weight excluding hydrogens is 326 g/mol. The summed E-state index contributed by atoms with van der Waals surface area (Å²) in [7, 11) is 1.70. The van der Waals surface area contributed by atoms with E-state index in [2.05, 4.69) is 47.1 Å². The molecule has 21 heavy (non-hydrogen) atoms. The van der Waals surface area contributed by atoms with Crippen LogP contribution in [0.25, 0.3) is 0 Å². The lowest BCUT2D eigenvalue weighted by atomic mass is 9.95. The van der Waals surface area contributed by atoms with Gasteiger partial charge in [-0.1, -0.05) is 34.1 Å². The standard InChI is InChI=1S/C18H20BrNO/c1-11-8-17(21-2)15(10-16(11)19)18(20)14-7-6-12-4-3-5-13(12)9-14/h6-10,18H,3-5,20H2,1-2H3. The van der Waals surface area contributed by atoms with Crippen molar-refractivity contribution in [2.75, 3.05) is 7.11 Å². The van der Waals surface area contributed by atoms with Gasteiger partial charge < -0.3 is 10.5 Å². The van der Waals surface area contributed by atoms with E-state index in [1.54, 1.807) is 7.11 Å². The van der Waals surface area contributed by atoms with Gasteiger partial charge in [0.05, 0.1) is 13.2 Å². The number of nitrogens with two attached hydrogens (primary N) is 1. The van der Waals surface area contributed by atoms with Crippen molar-refractivity contribution < 1.29 is 4.74 Å². The molecule has 2 N–H and O–H groups in total. The molecule has 3 heteroatoms. The SMILES string of the molecule is COc1cc(C)c(Br)cc1C(N)c1ccc2c(c1)CCC2. The van der Waals surface area contributed by atoms with Gasteiger partial charge in [-0.3, -0.25) is 0 Å². The van der Waals surface area contributed by atoms with E-state index in [1.165, 1.54) is 30.4 Å². The number of rotatable bonds is 3. The van der Waals surface area contributed by atoms with E-state index < -0.39 is 0 Å². The Morgan fingerprint density at radius 1 is 1.14 bits per heavy atom. The predicted octanol–water partition coefficient (Wildman–Crippen LogP) is 4.30. The first-order chi connectivity index (χ1) is 10.1. The smallest absolute Gasteiger partial charge is 0.124 e. The van der Waals surface area contributed by atoms with E-state index in [4.69, 9.17) is 10.5 Å². The lowest BCUT2D eigenvalue weighted by Gasteiger charge is -2.18. The fraction of sp³-hybridized carbons (Fsp3) is 0.333. The van der Waals surface area contributed by atoms with Crippen LogP contribution < -0.4 is 10.5 Å². The molecule has 0 saturated heterocycles. The van der Waals surface area contributed by atoms with E-state index in [0.29, 0.717) is 0 Å². The summed E-state index contributed by atoms with van der Waals surface area (Å²) in [5.74, 6) is 0.851. The molecular formula is C18H20BrNO. The number of benzene rings is 2. The third kappa shape index (κ3) is 2.72. The van der Waals surface area contributed by atoms with Crippen LogP contribution in [0.15, 0.2) is 34.8 Å². The zero-order valence-corrected chi connectivity index (χ0v) is 14.0. The second kappa shape index (κ2) is 5.82. The summed E-state index contributed by atoms with van der Waals surface area (Å²) in [5.41, 5.74) is 12.8. The van der Waals surface area contributed by atoms with E-state index in [0.717, 1.165) is 26.9 Å². The van der Waals surface area contributed by atoms with Crippen molar-refractivity contribution in [1.82, 2.24) is 0 Å². The third-order valence-electron chi connectivity index (χ3n) is 4.33.